The molecule has 0 aliphatic carbocycles. The Morgan fingerprint density at radius 3 is 2.96 bits per heavy atom. The second-order valence-electron chi connectivity index (χ2n) is 6.67. The van der Waals surface area contributed by atoms with Crippen molar-refractivity contribution in [2.45, 2.75) is 37.8 Å². The summed E-state index contributed by atoms with van der Waals surface area (Å²) >= 11 is 0. The van der Waals surface area contributed by atoms with E-state index < -0.39 is 0 Å². The van der Waals surface area contributed by atoms with Crippen LogP contribution in [0.15, 0.2) is 12.1 Å². The molecule has 1 aromatic rings. The summed E-state index contributed by atoms with van der Waals surface area (Å²) in [6.07, 6.45) is 4.73. The van der Waals surface area contributed by atoms with Crippen LogP contribution < -0.4 is 19.5 Å². The largest absolute Gasteiger partial charge is 0.493 e. The smallest absolute Gasteiger partial charge is 0.251 e. The molecule has 3 aliphatic heterocycles. The molecule has 1 amide bonds. The van der Waals surface area contributed by atoms with Gasteiger partial charge in [0, 0.05) is 24.2 Å². The molecule has 0 spiro atoms. The summed E-state index contributed by atoms with van der Waals surface area (Å²) in [7, 11) is 1.58. The molecule has 3 aliphatic rings. The Kier molecular flexibility index (Phi) is 4.22. The van der Waals surface area contributed by atoms with Gasteiger partial charge >= 0.3 is 0 Å². The number of benzene rings is 1. The first-order chi connectivity index (χ1) is 11.8. The van der Waals surface area contributed by atoms with Gasteiger partial charge in [-0.3, -0.25) is 9.69 Å². The van der Waals surface area contributed by atoms with Crippen molar-refractivity contribution in [1.82, 2.24) is 10.2 Å². The van der Waals surface area contributed by atoms with Crippen LogP contribution >= 0.6 is 0 Å². The maximum absolute atomic E-state index is 12.7. The lowest BCUT2D eigenvalue weighted by Gasteiger charge is -2.32. The van der Waals surface area contributed by atoms with Crippen molar-refractivity contribution in [3.8, 4) is 17.2 Å². The third-order valence-electron chi connectivity index (χ3n) is 5.26. The molecule has 24 heavy (non-hydrogen) atoms. The molecule has 0 saturated carbocycles. The minimum atomic E-state index is -0.0669. The number of nitrogens with zero attached hydrogens (tertiary/aromatic N) is 1. The number of rotatable bonds is 3. The third kappa shape index (κ3) is 2.79. The number of fused-ring (bicyclic) bond motifs is 2. The topological polar surface area (TPSA) is 60.0 Å². The Morgan fingerprint density at radius 2 is 2.08 bits per heavy atom. The van der Waals surface area contributed by atoms with Gasteiger partial charge in [-0.25, -0.2) is 0 Å². The summed E-state index contributed by atoms with van der Waals surface area (Å²) in [5, 5.41) is 3.22. The van der Waals surface area contributed by atoms with Crippen molar-refractivity contribution in [2.75, 3.05) is 33.4 Å². The zero-order valence-electron chi connectivity index (χ0n) is 14.0. The standard InChI is InChI=1S/C18H24N2O4/c1-22-15-10-12(11-16-17(15)24-9-8-23-16)18(21)19-13-5-7-20-6-3-2-4-14(13)20/h10-11,13-14H,2-9H2,1H3,(H,19,21)/t13-,14-/m1/s1. The van der Waals surface area contributed by atoms with E-state index in [0.717, 1.165) is 19.5 Å². The quantitative estimate of drug-likeness (QED) is 0.915. The van der Waals surface area contributed by atoms with E-state index in [9.17, 15) is 4.79 Å². The summed E-state index contributed by atoms with van der Waals surface area (Å²) in [6, 6.07) is 4.20. The summed E-state index contributed by atoms with van der Waals surface area (Å²) in [5.41, 5.74) is 0.561. The van der Waals surface area contributed by atoms with Crippen LogP contribution in [0.2, 0.25) is 0 Å². The van der Waals surface area contributed by atoms with E-state index in [1.54, 1.807) is 19.2 Å². The lowest BCUT2D eigenvalue weighted by atomic mass is 9.98. The van der Waals surface area contributed by atoms with Gasteiger partial charge in [0.25, 0.3) is 5.91 Å². The Labute approximate surface area is 142 Å². The van der Waals surface area contributed by atoms with Gasteiger partial charge < -0.3 is 19.5 Å². The minimum absolute atomic E-state index is 0.0669. The van der Waals surface area contributed by atoms with Crippen molar-refractivity contribution in [3.63, 3.8) is 0 Å². The van der Waals surface area contributed by atoms with Gasteiger partial charge in [0.05, 0.1) is 7.11 Å². The number of piperidine rings is 1. The molecule has 1 N–H and O–H groups in total. The van der Waals surface area contributed by atoms with Gasteiger partial charge in [0.2, 0.25) is 5.75 Å². The fraction of sp³-hybridized carbons (Fsp3) is 0.611. The zero-order chi connectivity index (χ0) is 16.5. The first kappa shape index (κ1) is 15.6. The van der Waals surface area contributed by atoms with Crippen molar-refractivity contribution >= 4 is 5.91 Å². The second-order valence-corrected chi connectivity index (χ2v) is 6.67. The van der Waals surface area contributed by atoms with Crippen LogP contribution in [-0.4, -0.2) is 56.3 Å². The molecule has 6 heteroatoms. The van der Waals surface area contributed by atoms with E-state index >= 15 is 0 Å². The Morgan fingerprint density at radius 1 is 1.21 bits per heavy atom. The maximum Gasteiger partial charge on any atom is 0.251 e. The van der Waals surface area contributed by atoms with Crippen LogP contribution in [0.5, 0.6) is 17.2 Å². The van der Waals surface area contributed by atoms with E-state index in [1.165, 1.54) is 19.3 Å². The van der Waals surface area contributed by atoms with E-state index in [-0.39, 0.29) is 11.9 Å². The Bertz CT molecular complexity index is 616. The maximum atomic E-state index is 12.7. The van der Waals surface area contributed by atoms with E-state index in [0.29, 0.717) is 42.1 Å². The molecular formula is C18H24N2O4. The summed E-state index contributed by atoms with van der Waals surface area (Å²) in [6.45, 7) is 3.23. The van der Waals surface area contributed by atoms with Gasteiger partial charge in [0.1, 0.15) is 13.2 Å². The van der Waals surface area contributed by atoms with Gasteiger partial charge in [-0.05, 0) is 37.9 Å². The number of carbonyl (C=O) groups is 1. The van der Waals surface area contributed by atoms with Crippen LogP contribution in [0.3, 0.4) is 0 Å². The lowest BCUT2D eigenvalue weighted by molar-refractivity contribution is 0.0913. The van der Waals surface area contributed by atoms with E-state index in [4.69, 9.17) is 14.2 Å². The second kappa shape index (κ2) is 6.51. The van der Waals surface area contributed by atoms with Gasteiger partial charge in [-0.2, -0.15) is 0 Å². The highest BCUT2D eigenvalue weighted by atomic mass is 16.6. The van der Waals surface area contributed by atoms with Crippen LogP contribution in [0.4, 0.5) is 0 Å². The van der Waals surface area contributed by atoms with E-state index in [1.807, 2.05) is 0 Å². The molecule has 0 aromatic heterocycles. The summed E-state index contributed by atoms with van der Waals surface area (Å²) < 4.78 is 16.6. The molecule has 2 atom stereocenters. The van der Waals surface area contributed by atoms with Crippen LogP contribution in [0.1, 0.15) is 36.0 Å². The number of nitrogens with one attached hydrogen (secondary N) is 1. The average molecular weight is 332 g/mol. The van der Waals surface area contributed by atoms with Crippen LogP contribution in [0, 0.1) is 0 Å². The number of hydrogen-bond donors (Lipinski definition) is 1. The lowest BCUT2D eigenvalue weighted by Crippen LogP contribution is -2.46. The summed E-state index contributed by atoms with van der Waals surface area (Å²) in [4.78, 5) is 15.3. The highest BCUT2D eigenvalue weighted by Gasteiger charge is 2.36. The van der Waals surface area contributed by atoms with Gasteiger partial charge in [-0.1, -0.05) is 6.42 Å². The first-order valence-electron chi connectivity index (χ1n) is 8.79. The zero-order valence-corrected chi connectivity index (χ0v) is 14.0. The predicted octanol–water partition coefficient (Wildman–Crippen LogP) is 1.82. The number of ether oxygens (including phenoxy) is 3. The predicted molar refractivity (Wildman–Crippen MR) is 89.1 cm³/mol. The van der Waals surface area contributed by atoms with E-state index in [2.05, 4.69) is 10.2 Å². The molecule has 1 aromatic carbocycles. The van der Waals surface area contributed by atoms with Crippen LogP contribution in [-0.2, 0) is 0 Å². The molecule has 130 valence electrons. The summed E-state index contributed by atoms with van der Waals surface area (Å²) in [5.74, 6) is 1.64. The molecular weight excluding hydrogens is 308 g/mol. The number of amides is 1. The highest BCUT2D eigenvalue weighted by Crippen LogP contribution is 2.40. The highest BCUT2D eigenvalue weighted by molar-refractivity contribution is 5.96. The van der Waals surface area contributed by atoms with Crippen molar-refractivity contribution < 1.29 is 19.0 Å². The fourth-order valence-corrected chi connectivity index (χ4v) is 4.07. The van der Waals surface area contributed by atoms with Crippen molar-refractivity contribution in [2.24, 2.45) is 0 Å². The molecule has 0 radical (unpaired) electrons. The Hall–Kier alpha value is -1.95. The van der Waals surface area contributed by atoms with Crippen molar-refractivity contribution in [3.05, 3.63) is 17.7 Å². The third-order valence-corrected chi connectivity index (χ3v) is 5.26. The number of carbonyl (C=O) groups excluding carboxylic acids is 1. The normalized spacial score (nSPS) is 25.9. The van der Waals surface area contributed by atoms with Crippen LogP contribution in [0.25, 0.3) is 0 Å². The molecule has 3 heterocycles. The molecule has 2 saturated heterocycles. The molecule has 0 bridgehead atoms. The Balaban J connectivity index is 1.52. The number of methoxy groups -OCH3 is 1. The SMILES string of the molecule is COc1cc(C(=O)N[C@@H]2CCN3CCCC[C@H]23)cc2c1OCCO2. The molecule has 6 nitrogen and oxygen atoms in total. The van der Waals surface area contributed by atoms with Crippen molar-refractivity contribution in [1.29, 1.82) is 0 Å². The first-order valence-corrected chi connectivity index (χ1v) is 8.79. The average Bonchev–Trinajstić information content (AvgIpc) is 3.03. The molecule has 4 rings (SSSR count). The molecule has 2 fully saturated rings. The fourth-order valence-electron chi connectivity index (χ4n) is 4.07. The molecule has 0 unspecified atom stereocenters. The van der Waals surface area contributed by atoms with Gasteiger partial charge in [-0.15, -0.1) is 0 Å². The minimum Gasteiger partial charge on any atom is -0.493 e. The number of hydrogen-bond acceptors (Lipinski definition) is 5. The monoisotopic (exact) mass is 332 g/mol. The van der Waals surface area contributed by atoms with Gasteiger partial charge in [0.15, 0.2) is 11.5 Å².